The van der Waals surface area contributed by atoms with Gasteiger partial charge in [-0.25, -0.2) is 4.79 Å². The lowest BCUT2D eigenvalue weighted by Crippen LogP contribution is -2.45. The first-order valence-electron chi connectivity index (χ1n) is 9.21. The van der Waals surface area contributed by atoms with Crippen molar-refractivity contribution >= 4 is 6.09 Å². The third kappa shape index (κ3) is 5.96. The first-order valence-corrected chi connectivity index (χ1v) is 9.21. The summed E-state index contributed by atoms with van der Waals surface area (Å²) in [5, 5.41) is 6.80. The number of amides is 1. The first-order chi connectivity index (χ1) is 10.7. The second-order valence-electron chi connectivity index (χ2n) is 8.42. The van der Waals surface area contributed by atoms with Crippen molar-refractivity contribution in [3.05, 3.63) is 0 Å². The highest BCUT2D eigenvalue weighted by Gasteiger charge is 2.32. The fourth-order valence-corrected chi connectivity index (χ4v) is 3.72. The molecule has 0 aromatic heterocycles. The fraction of sp³-hybridized carbons (Fsp3) is 0.944. The van der Waals surface area contributed by atoms with Crippen LogP contribution in [-0.2, 0) is 4.74 Å². The lowest BCUT2D eigenvalue weighted by atomic mass is 10.0. The molecule has 1 aliphatic carbocycles. The lowest BCUT2D eigenvalue weighted by molar-refractivity contribution is 0.0517. The molecule has 0 aromatic carbocycles. The van der Waals surface area contributed by atoms with Crippen molar-refractivity contribution in [3.63, 3.8) is 0 Å². The van der Waals surface area contributed by atoms with Crippen molar-refractivity contribution in [2.75, 3.05) is 19.6 Å². The molecule has 3 atom stereocenters. The smallest absolute Gasteiger partial charge is 0.407 e. The summed E-state index contributed by atoms with van der Waals surface area (Å²) < 4.78 is 5.33. The molecule has 3 unspecified atom stereocenters. The average Bonchev–Trinajstić information content (AvgIpc) is 3.04. The van der Waals surface area contributed by atoms with Crippen LogP contribution in [0.4, 0.5) is 4.79 Å². The largest absolute Gasteiger partial charge is 0.444 e. The quantitative estimate of drug-likeness (QED) is 0.816. The Labute approximate surface area is 141 Å². The van der Waals surface area contributed by atoms with Gasteiger partial charge in [0.25, 0.3) is 0 Å². The van der Waals surface area contributed by atoms with Crippen molar-refractivity contribution in [2.24, 2.45) is 5.92 Å². The number of carbonyl (C=O) groups excluding carboxylic acids is 1. The number of hydrogen-bond donors (Lipinski definition) is 2. The molecule has 0 radical (unpaired) electrons. The van der Waals surface area contributed by atoms with Crippen LogP contribution in [0.15, 0.2) is 0 Å². The van der Waals surface area contributed by atoms with Gasteiger partial charge in [0.15, 0.2) is 0 Å². The van der Waals surface area contributed by atoms with Crippen LogP contribution >= 0.6 is 0 Å². The van der Waals surface area contributed by atoms with E-state index >= 15 is 0 Å². The van der Waals surface area contributed by atoms with E-state index < -0.39 is 5.60 Å². The fourth-order valence-electron chi connectivity index (χ4n) is 3.72. The molecule has 0 aromatic rings. The van der Waals surface area contributed by atoms with E-state index in [1.807, 2.05) is 20.8 Å². The zero-order valence-electron chi connectivity index (χ0n) is 15.5. The molecule has 2 aliphatic rings. The topological polar surface area (TPSA) is 53.6 Å². The summed E-state index contributed by atoms with van der Waals surface area (Å²) in [5.41, 5.74) is -0.429. The van der Waals surface area contributed by atoms with Crippen molar-refractivity contribution in [1.82, 2.24) is 15.5 Å². The lowest BCUT2D eigenvalue weighted by Gasteiger charge is -2.27. The highest BCUT2D eigenvalue weighted by atomic mass is 16.6. The molecule has 2 N–H and O–H groups in total. The molecule has 1 aliphatic heterocycles. The Kier molecular flexibility index (Phi) is 6.32. The van der Waals surface area contributed by atoms with Crippen molar-refractivity contribution in [1.29, 1.82) is 0 Å². The minimum Gasteiger partial charge on any atom is -0.444 e. The molecule has 5 heteroatoms. The van der Waals surface area contributed by atoms with Gasteiger partial charge in [-0.3, -0.25) is 4.90 Å². The van der Waals surface area contributed by atoms with Gasteiger partial charge in [-0.15, -0.1) is 0 Å². The second-order valence-corrected chi connectivity index (χ2v) is 8.42. The van der Waals surface area contributed by atoms with Gasteiger partial charge in [-0.1, -0.05) is 6.42 Å². The molecule has 0 bridgehead atoms. The average molecular weight is 325 g/mol. The highest BCUT2D eigenvalue weighted by Crippen LogP contribution is 2.27. The number of ether oxygens (including phenoxy) is 1. The van der Waals surface area contributed by atoms with E-state index in [1.165, 1.54) is 32.2 Å². The summed E-state index contributed by atoms with van der Waals surface area (Å²) in [4.78, 5) is 14.4. The number of hydrogen-bond acceptors (Lipinski definition) is 4. The Morgan fingerprint density at radius 2 is 2.00 bits per heavy atom. The van der Waals surface area contributed by atoms with Crippen LogP contribution in [0, 0.1) is 5.92 Å². The van der Waals surface area contributed by atoms with Crippen molar-refractivity contribution < 1.29 is 9.53 Å². The Morgan fingerprint density at radius 1 is 1.26 bits per heavy atom. The van der Waals surface area contributed by atoms with Crippen LogP contribution < -0.4 is 10.6 Å². The molecule has 1 saturated heterocycles. The molecular weight excluding hydrogens is 290 g/mol. The van der Waals surface area contributed by atoms with Crippen LogP contribution in [0.1, 0.15) is 60.3 Å². The molecule has 23 heavy (non-hydrogen) atoms. The van der Waals surface area contributed by atoms with Gasteiger partial charge < -0.3 is 15.4 Å². The van der Waals surface area contributed by atoms with Gasteiger partial charge in [-0.05, 0) is 66.3 Å². The molecular formula is C18H35N3O2. The Balaban J connectivity index is 1.74. The molecule has 0 spiro atoms. The first kappa shape index (κ1) is 18.5. The van der Waals surface area contributed by atoms with E-state index in [1.54, 1.807) is 0 Å². The number of carbonyl (C=O) groups is 1. The number of nitrogens with one attached hydrogen (secondary N) is 2. The maximum absolute atomic E-state index is 11.8. The summed E-state index contributed by atoms with van der Waals surface area (Å²) in [6.45, 7) is 13.3. The van der Waals surface area contributed by atoms with E-state index in [-0.39, 0.29) is 6.09 Å². The van der Waals surface area contributed by atoms with Gasteiger partial charge in [0.2, 0.25) is 0 Å². The molecule has 5 nitrogen and oxygen atoms in total. The predicted molar refractivity (Wildman–Crippen MR) is 93.6 cm³/mol. The Bertz CT molecular complexity index is 392. The maximum Gasteiger partial charge on any atom is 0.407 e. The minimum atomic E-state index is -0.429. The molecule has 2 fully saturated rings. The predicted octanol–water partition coefficient (Wildman–Crippen LogP) is 2.75. The van der Waals surface area contributed by atoms with E-state index in [0.717, 1.165) is 6.54 Å². The van der Waals surface area contributed by atoms with E-state index in [2.05, 4.69) is 29.4 Å². The second kappa shape index (κ2) is 7.84. The summed E-state index contributed by atoms with van der Waals surface area (Å²) in [5.74, 6) is 0.524. The third-order valence-electron chi connectivity index (χ3n) is 4.97. The number of alkyl carbamates (subject to hydrolysis) is 1. The Hall–Kier alpha value is -0.810. The van der Waals surface area contributed by atoms with Crippen LogP contribution in [0.25, 0.3) is 0 Å². The van der Waals surface area contributed by atoms with Crippen LogP contribution in [0.2, 0.25) is 0 Å². The maximum atomic E-state index is 11.8. The summed E-state index contributed by atoms with van der Waals surface area (Å²) in [6, 6.07) is 1.77. The minimum absolute atomic E-state index is 0.296. The van der Waals surface area contributed by atoms with E-state index in [0.29, 0.717) is 30.6 Å². The van der Waals surface area contributed by atoms with Crippen LogP contribution in [-0.4, -0.2) is 54.4 Å². The van der Waals surface area contributed by atoms with Crippen LogP contribution in [0.5, 0.6) is 0 Å². The van der Waals surface area contributed by atoms with Gasteiger partial charge in [0.1, 0.15) is 5.60 Å². The van der Waals surface area contributed by atoms with Gasteiger partial charge >= 0.3 is 6.09 Å². The summed E-state index contributed by atoms with van der Waals surface area (Å²) in [7, 11) is 0. The van der Waals surface area contributed by atoms with Crippen molar-refractivity contribution in [2.45, 2.75) is 84.0 Å². The van der Waals surface area contributed by atoms with Gasteiger partial charge in [0.05, 0.1) is 0 Å². The molecule has 1 amide bonds. The summed E-state index contributed by atoms with van der Waals surface area (Å²) in [6.07, 6.45) is 4.60. The standard InChI is InChI=1S/C18H35N3O2/c1-13(2)21-10-9-15(12-21)20-16-8-6-7-14(16)11-19-17(22)23-18(3,4)5/h13-16,20H,6-12H2,1-5H3,(H,19,22). The highest BCUT2D eigenvalue weighted by molar-refractivity contribution is 5.67. The van der Waals surface area contributed by atoms with Gasteiger partial charge in [0, 0.05) is 31.2 Å². The summed E-state index contributed by atoms with van der Waals surface area (Å²) >= 11 is 0. The normalized spacial score (nSPS) is 29.2. The molecule has 134 valence electrons. The third-order valence-corrected chi connectivity index (χ3v) is 4.97. The number of nitrogens with zero attached hydrogens (tertiary/aromatic N) is 1. The number of likely N-dealkylation sites (tertiary alicyclic amines) is 1. The van der Waals surface area contributed by atoms with Gasteiger partial charge in [-0.2, -0.15) is 0 Å². The SMILES string of the molecule is CC(C)N1CCC(NC2CCCC2CNC(=O)OC(C)(C)C)C1. The Morgan fingerprint density at radius 3 is 2.61 bits per heavy atom. The molecule has 2 rings (SSSR count). The molecule has 1 saturated carbocycles. The van der Waals surface area contributed by atoms with E-state index in [4.69, 9.17) is 4.74 Å². The van der Waals surface area contributed by atoms with E-state index in [9.17, 15) is 4.79 Å². The number of rotatable bonds is 5. The van der Waals surface area contributed by atoms with Crippen LogP contribution in [0.3, 0.4) is 0 Å². The monoisotopic (exact) mass is 325 g/mol. The zero-order chi connectivity index (χ0) is 17.0. The zero-order valence-corrected chi connectivity index (χ0v) is 15.5. The molecule has 1 heterocycles. The van der Waals surface area contributed by atoms with Crippen molar-refractivity contribution in [3.8, 4) is 0 Å².